The second-order valence-corrected chi connectivity index (χ2v) is 7.68. The third-order valence-corrected chi connectivity index (χ3v) is 5.54. The number of carbonyl (C=O) groups is 1. The van der Waals surface area contributed by atoms with Crippen LogP contribution in [0.25, 0.3) is 6.08 Å². The first-order valence-corrected chi connectivity index (χ1v) is 9.59. The number of carbonyl (C=O) groups excluding carboxylic acids is 1. The summed E-state index contributed by atoms with van der Waals surface area (Å²) in [6.45, 7) is 3.87. The van der Waals surface area contributed by atoms with Crippen LogP contribution < -0.4 is 9.47 Å². The number of aryl methyl sites for hydroxylation is 1. The molecule has 2 aliphatic heterocycles. The molecule has 5 rings (SSSR count). The zero-order chi connectivity index (χ0) is 18.4. The van der Waals surface area contributed by atoms with Gasteiger partial charge in [0.15, 0.2) is 5.76 Å². The van der Waals surface area contributed by atoms with E-state index < -0.39 is 0 Å². The van der Waals surface area contributed by atoms with Gasteiger partial charge in [0.05, 0.1) is 11.1 Å². The molecular formula is C21H17NO4S. The van der Waals surface area contributed by atoms with Gasteiger partial charge in [0, 0.05) is 24.0 Å². The molecule has 0 amide bonds. The van der Waals surface area contributed by atoms with E-state index in [4.69, 9.17) is 13.9 Å². The molecule has 0 bridgehead atoms. The predicted molar refractivity (Wildman–Crippen MR) is 102 cm³/mol. The maximum atomic E-state index is 12.7. The van der Waals surface area contributed by atoms with E-state index in [1.54, 1.807) is 23.5 Å². The number of hydrogen-bond donors (Lipinski definition) is 0. The summed E-state index contributed by atoms with van der Waals surface area (Å²) in [5, 5.41) is 2.07. The Kier molecular flexibility index (Phi) is 3.88. The molecule has 2 aliphatic rings. The molecule has 0 saturated heterocycles. The highest BCUT2D eigenvalue weighted by Crippen LogP contribution is 2.42. The van der Waals surface area contributed by atoms with Crippen LogP contribution in [0.1, 0.15) is 32.3 Å². The number of ketones is 1. The maximum Gasteiger partial charge on any atom is 0.232 e. The molecule has 1 aromatic carbocycles. The van der Waals surface area contributed by atoms with Crippen LogP contribution in [0.3, 0.4) is 0 Å². The van der Waals surface area contributed by atoms with Crippen LogP contribution in [-0.4, -0.2) is 17.4 Å². The number of thiophene rings is 1. The molecule has 3 aromatic rings. The summed E-state index contributed by atoms with van der Waals surface area (Å²) in [5.74, 6) is 2.93. The van der Waals surface area contributed by atoms with Crippen molar-refractivity contribution in [3.8, 4) is 11.5 Å². The molecule has 0 N–H and O–H groups in total. The lowest BCUT2D eigenvalue weighted by Crippen LogP contribution is -2.31. The van der Waals surface area contributed by atoms with Gasteiger partial charge >= 0.3 is 0 Å². The van der Waals surface area contributed by atoms with Crippen molar-refractivity contribution in [3.05, 3.63) is 75.1 Å². The van der Waals surface area contributed by atoms with Crippen molar-refractivity contribution >= 4 is 23.2 Å². The van der Waals surface area contributed by atoms with Crippen LogP contribution >= 0.6 is 11.3 Å². The summed E-state index contributed by atoms with van der Waals surface area (Å²) in [4.78, 5) is 16.2. The van der Waals surface area contributed by atoms with E-state index in [-0.39, 0.29) is 11.5 Å². The van der Waals surface area contributed by atoms with Crippen molar-refractivity contribution in [2.45, 2.75) is 20.0 Å². The van der Waals surface area contributed by atoms with Crippen molar-refractivity contribution in [1.82, 2.24) is 4.90 Å². The number of furan rings is 1. The number of fused-ring (bicyclic) bond motifs is 3. The molecule has 0 saturated carbocycles. The zero-order valence-electron chi connectivity index (χ0n) is 14.7. The van der Waals surface area contributed by atoms with Gasteiger partial charge in [-0.05, 0) is 42.6 Å². The first kappa shape index (κ1) is 16.4. The number of allylic oxidation sites excluding steroid dienone is 1. The number of rotatable bonds is 3. The van der Waals surface area contributed by atoms with Gasteiger partial charge in [0.2, 0.25) is 5.78 Å². The van der Waals surface area contributed by atoms with Gasteiger partial charge in [-0.2, -0.15) is 0 Å². The Hall–Kier alpha value is -2.83. The van der Waals surface area contributed by atoms with Crippen LogP contribution in [0.2, 0.25) is 0 Å². The number of hydrogen-bond acceptors (Lipinski definition) is 6. The normalized spacial score (nSPS) is 17.5. The topological polar surface area (TPSA) is 51.9 Å². The summed E-state index contributed by atoms with van der Waals surface area (Å²) in [6, 6.07) is 11.5. The van der Waals surface area contributed by atoms with E-state index >= 15 is 0 Å². The minimum Gasteiger partial charge on any atom is -0.478 e. The molecule has 2 aromatic heterocycles. The summed E-state index contributed by atoms with van der Waals surface area (Å²) in [5.41, 5.74) is 1.49. The number of nitrogens with zero attached hydrogens (tertiary/aromatic N) is 1. The smallest absolute Gasteiger partial charge is 0.232 e. The fourth-order valence-corrected chi connectivity index (χ4v) is 4.14. The number of ether oxygens (including phenoxy) is 2. The Morgan fingerprint density at radius 3 is 2.93 bits per heavy atom. The molecule has 27 heavy (non-hydrogen) atoms. The average Bonchev–Trinajstić information content (AvgIpc) is 3.38. The van der Waals surface area contributed by atoms with Crippen molar-refractivity contribution in [3.63, 3.8) is 0 Å². The molecule has 0 atom stereocenters. The molecule has 0 spiro atoms. The van der Waals surface area contributed by atoms with Crippen LogP contribution in [0.4, 0.5) is 0 Å². The third kappa shape index (κ3) is 2.97. The fraction of sp³-hybridized carbons (Fsp3) is 0.190. The summed E-state index contributed by atoms with van der Waals surface area (Å²) in [7, 11) is 0. The van der Waals surface area contributed by atoms with Gasteiger partial charge in [0.25, 0.3) is 0 Å². The lowest BCUT2D eigenvalue weighted by molar-refractivity contribution is 0.0882. The zero-order valence-corrected chi connectivity index (χ0v) is 15.5. The highest BCUT2D eigenvalue weighted by Gasteiger charge is 2.33. The standard InChI is InChI=1S/C21H17NO4S/c1-13-4-5-14(25-13)9-19-20(23)16-6-7-18-17(21(16)26-19)11-22(12-24-18)10-15-3-2-8-27-15/h2-9H,10-12H2,1H3. The van der Waals surface area contributed by atoms with Crippen LogP contribution in [0, 0.1) is 6.92 Å². The van der Waals surface area contributed by atoms with E-state index in [1.165, 1.54) is 4.88 Å². The van der Waals surface area contributed by atoms with Crippen molar-refractivity contribution in [2.75, 3.05) is 6.73 Å². The van der Waals surface area contributed by atoms with Crippen LogP contribution in [0.15, 0.2) is 52.0 Å². The lowest BCUT2D eigenvalue weighted by atomic mass is 10.0. The summed E-state index contributed by atoms with van der Waals surface area (Å²) < 4.78 is 17.4. The summed E-state index contributed by atoms with van der Waals surface area (Å²) in [6.07, 6.45) is 1.65. The van der Waals surface area contributed by atoms with Crippen LogP contribution in [0.5, 0.6) is 11.5 Å². The van der Waals surface area contributed by atoms with Crippen molar-refractivity contribution in [1.29, 1.82) is 0 Å². The highest BCUT2D eigenvalue weighted by atomic mass is 32.1. The van der Waals surface area contributed by atoms with E-state index in [1.807, 2.05) is 31.2 Å². The summed E-state index contributed by atoms with van der Waals surface area (Å²) >= 11 is 1.73. The van der Waals surface area contributed by atoms with Crippen molar-refractivity contribution in [2.24, 2.45) is 0 Å². The molecule has 5 nitrogen and oxygen atoms in total. The average molecular weight is 379 g/mol. The molecule has 4 heterocycles. The Labute approximate surface area is 160 Å². The highest BCUT2D eigenvalue weighted by molar-refractivity contribution is 7.09. The minimum absolute atomic E-state index is 0.128. The number of benzene rings is 1. The monoisotopic (exact) mass is 379 g/mol. The van der Waals surface area contributed by atoms with Gasteiger partial charge in [-0.1, -0.05) is 6.07 Å². The largest absolute Gasteiger partial charge is 0.478 e. The van der Waals surface area contributed by atoms with Gasteiger partial charge in [-0.25, -0.2) is 0 Å². The Balaban J connectivity index is 1.45. The first-order valence-electron chi connectivity index (χ1n) is 8.71. The van der Waals surface area contributed by atoms with Gasteiger partial charge in [-0.15, -0.1) is 11.3 Å². The Bertz CT molecular complexity index is 1050. The molecular weight excluding hydrogens is 362 g/mol. The predicted octanol–water partition coefficient (Wildman–Crippen LogP) is 4.62. The van der Waals surface area contributed by atoms with Gasteiger partial charge in [-0.3, -0.25) is 9.69 Å². The fourth-order valence-electron chi connectivity index (χ4n) is 3.39. The van der Waals surface area contributed by atoms with E-state index in [9.17, 15) is 4.79 Å². The molecule has 136 valence electrons. The van der Waals surface area contributed by atoms with Gasteiger partial charge < -0.3 is 13.9 Å². The molecule has 0 unspecified atom stereocenters. The van der Waals surface area contributed by atoms with E-state index in [0.29, 0.717) is 30.3 Å². The Morgan fingerprint density at radius 1 is 1.22 bits per heavy atom. The quantitative estimate of drug-likeness (QED) is 0.622. The van der Waals surface area contributed by atoms with Crippen LogP contribution in [-0.2, 0) is 13.1 Å². The second-order valence-electron chi connectivity index (χ2n) is 6.65. The Morgan fingerprint density at radius 2 is 2.15 bits per heavy atom. The SMILES string of the molecule is Cc1ccc(C=C2Oc3c(ccc4c3CN(Cc3cccs3)CO4)C2=O)o1. The molecule has 0 fully saturated rings. The third-order valence-electron chi connectivity index (χ3n) is 4.68. The van der Waals surface area contributed by atoms with E-state index in [0.717, 1.165) is 23.6 Å². The first-order chi connectivity index (χ1) is 13.2. The molecule has 0 radical (unpaired) electrons. The van der Waals surface area contributed by atoms with Crippen molar-refractivity contribution < 1.29 is 18.7 Å². The maximum absolute atomic E-state index is 12.7. The second kappa shape index (κ2) is 6.40. The number of Topliss-reactive ketones (excluding diaryl/α,β-unsaturated/α-hetero) is 1. The molecule has 0 aliphatic carbocycles. The lowest BCUT2D eigenvalue weighted by Gasteiger charge is -2.29. The molecule has 6 heteroatoms. The van der Waals surface area contributed by atoms with E-state index in [2.05, 4.69) is 16.3 Å². The van der Waals surface area contributed by atoms with Gasteiger partial charge in [0.1, 0.15) is 29.8 Å². The minimum atomic E-state index is -0.128.